The third kappa shape index (κ3) is 4.56. The molecule has 1 aromatic carbocycles. The summed E-state index contributed by atoms with van der Waals surface area (Å²) in [6.45, 7) is 0.537. The van der Waals surface area contributed by atoms with Crippen LogP contribution in [-0.4, -0.2) is 19.6 Å². The summed E-state index contributed by atoms with van der Waals surface area (Å²) in [5.74, 6) is -0.0512. The number of sulfonamides is 1. The van der Waals surface area contributed by atoms with E-state index in [1.807, 2.05) is 17.5 Å². The SMILES string of the molecule is O=C(Cc1ccc(NS(=O)(=O)C2CC2)cc1)NCc1cccs1. The van der Waals surface area contributed by atoms with Crippen LogP contribution in [0.2, 0.25) is 0 Å². The summed E-state index contributed by atoms with van der Waals surface area (Å²) in [7, 11) is -3.24. The zero-order chi connectivity index (χ0) is 16.3. The average molecular weight is 350 g/mol. The molecule has 1 heterocycles. The van der Waals surface area contributed by atoms with E-state index in [0.717, 1.165) is 23.3 Å². The molecule has 2 aromatic rings. The van der Waals surface area contributed by atoms with E-state index in [-0.39, 0.29) is 17.6 Å². The molecule has 0 radical (unpaired) electrons. The van der Waals surface area contributed by atoms with Gasteiger partial charge in [-0.3, -0.25) is 9.52 Å². The zero-order valence-electron chi connectivity index (χ0n) is 12.5. The van der Waals surface area contributed by atoms with Gasteiger partial charge in [0.05, 0.1) is 18.2 Å². The Balaban J connectivity index is 1.51. The van der Waals surface area contributed by atoms with Crippen LogP contribution >= 0.6 is 11.3 Å². The third-order valence-corrected chi connectivity index (χ3v) is 6.33. The van der Waals surface area contributed by atoms with Gasteiger partial charge in [-0.05, 0) is 42.0 Å². The number of amides is 1. The fourth-order valence-corrected chi connectivity index (χ4v) is 4.20. The quantitative estimate of drug-likeness (QED) is 0.806. The number of rotatable bonds is 7. The summed E-state index contributed by atoms with van der Waals surface area (Å²) < 4.78 is 26.3. The number of hydrogen-bond acceptors (Lipinski definition) is 4. The number of benzene rings is 1. The summed E-state index contributed by atoms with van der Waals surface area (Å²) in [6, 6.07) is 10.9. The van der Waals surface area contributed by atoms with Crippen LogP contribution in [0.3, 0.4) is 0 Å². The summed E-state index contributed by atoms with van der Waals surface area (Å²) in [6.07, 6.45) is 1.75. The molecule has 1 aliphatic carbocycles. The predicted molar refractivity (Wildman–Crippen MR) is 91.9 cm³/mol. The molecule has 1 aromatic heterocycles. The zero-order valence-corrected chi connectivity index (χ0v) is 14.1. The molecule has 2 N–H and O–H groups in total. The maximum Gasteiger partial charge on any atom is 0.235 e. The first-order valence-electron chi connectivity index (χ1n) is 7.42. The van der Waals surface area contributed by atoms with Crippen molar-refractivity contribution in [1.82, 2.24) is 5.32 Å². The van der Waals surface area contributed by atoms with Crippen molar-refractivity contribution in [2.24, 2.45) is 0 Å². The molecular weight excluding hydrogens is 332 g/mol. The van der Waals surface area contributed by atoms with Gasteiger partial charge in [0, 0.05) is 10.6 Å². The number of carbonyl (C=O) groups is 1. The number of hydrogen-bond donors (Lipinski definition) is 2. The molecule has 1 fully saturated rings. The average Bonchev–Trinajstić information content (AvgIpc) is 3.26. The first-order valence-corrected chi connectivity index (χ1v) is 9.85. The van der Waals surface area contributed by atoms with E-state index in [0.29, 0.717) is 12.2 Å². The van der Waals surface area contributed by atoms with Gasteiger partial charge < -0.3 is 5.32 Å². The van der Waals surface area contributed by atoms with E-state index >= 15 is 0 Å². The fraction of sp³-hybridized carbons (Fsp3) is 0.312. The largest absolute Gasteiger partial charge is 0.351 e. The number of thiophene rings is 1. The highest BCUT2D eigenvalue weighted by molar-refractivity contribution is 7.93. The molecule has 0 atom stereocenters. The standard InChI is InChI=1S/C16H18N2O3S2/c19-16(17-11-14-2-1-9-22-14)10-12-3-5-13(6-4-12)18-23(20,21)15-7-8-15/h1-6,9,15,18H,7-8,10-11H2,(H,17,19). The molecule has 3 rings (SSSR count). The molecule has 122 valence electrons. The van der Waals surface area contributed by atoms with Gasteiger partial charge in [-0.25, -0.2) is 8.42 Å². The molecule has 1 amide bonds. The Morgan fingerprint density at radius 1 is 1.17 bits per heavy atom. The topological polar surface area (TPSA) is 75.3 Å². The summed E-state index contributed by atoms with van der Waals surface area (Å²) in [5.41, 5.74) is 1.39. The second-order valence-electron chi connectivity index (χ2n) is 5.58. The van der Waals surface area contributed by atoms with Crippen LogP contribution in [0.1, 0.15) is 23.3 Å². The maximum absolute atomic E-state index is 11.9. The molecule has 7 heteroatoms. The van der Waals surface area contributed by atoms with Crippen LogP contribution in [0, 0.1) is 0 Å². The Morgan fingerprint density at radius 2 is 1.91 bits per heavy atom. The Kier molecular flexibility index (Phi) is 4.68. The van der Waals surface area contributed by atoms with Gasteiger partial charge in [-0.1, -0.05) is 18.2 Å². The minimum Gasteiger partial charge on any atom is -0.351 e. The van der Waals surface area contributed by atoms with Gasteiger partial charge in [0.15, 0.2) is 0 Å². The lowest BCUT2D eigenvalue weighted by Crippen LogP contribution is -2.24. The maximum atomic E-state index is 11.9. The van der Waals surface area contributed by atoms with E-state index in [1.54, 1.807) is 35.6 Å². The van der Waals surface area contributed by atoms with Gasteiger partial charge >= 0.3 is 0 Å². The van der Waals surface area contributed by atoms with E-state index in [1.165, 1.54) is 0 Å². The highest BCUT2D eigenvalue weighted by Gasteiger charge is 2.35. The Labute approximate surface area is 139 Å². The monoisotopic (exact) mass is 350 g/mol. The molecule has 0 unspecified atom stereocenters. The Morgan fingerprint density at radius 3 is 2.52 bits per heavy atom. The van der Waals surface area contributed by atoms with Gasteiger partial charge in [0.1, 0.15) is 0 Å². The van der Waals surface area contributed by atoms with Crippen LogP contribution in [-0.2, 0) is 27.8 Å². The van der Waals surface area contributed by atoms with Crippen LogP contribution in [0.25, 0.3) is 0 Å². The Bertz CT molecular complexity index is 764. The highest BCUT2D eigenvalue weighted by atomic mass is 32.2. The lowest BCUT2D eigenvalue weighted by atomic mass is 10.1. The van der Waals surface area contributed by atoms with Crippen molar-refractivity contribution in [1.29, 1.82) is 0 Å². The smallest absolute Gasteiger partial charge is 0.235 e. The van der Waals surface area contributed by atoms with Gasteiger partial charge in [0.2, 0.25) is 15.9 Å². The predicted octanol–water partition coefficient (Wildman–Crippen LogP) is 2.51. The van der Waals surface area contributed by atoms with Gasteiger partial charge in [-0.2, -0.15) is 0 Å². The summed E-state index contributed by atoms with van der Waals surface area (Å²) >= 11 is 1.61. The second-order valence-corrected chi connectivity index (χ2v) is 8.57. The minimum atomic E-state index is -3.24. The van der Waals surface area contributed by atoms with Crippen molar-refractivity contribution in [2.75, 3.05) is 4.72 Å². The molecule has 1 saturated carbocycles. The van der Waals surface area contributed by atoms with Crippen molar-refractivity contribution >= 4 is 33.0 Å². The minimum absolute atomic E-state index is 0.0512. The van der Waals surface area contributed by atoms with Crippen molar-refractivity contribution in [3.8, 4) is 0 Å². The second kappa shape index (κ2) is 6.72. The van der Waals surface area contributed by atoms with Crippen molar-refractivity contribution in [3.63, 3.8) is 0 Å². The van der Waals surface area contributed by atoms with Crippen LogP contribution in [0.4, 0.5) is 5.69 Å². The normalized spacial score (nSPS) is 14.4. The molecule has 0 spiro atoms. The lowest BCUT2D eigenvalue weighted by Gasteiger charge is -2.08. The number of nitrogens with one attached hydrogen (secondary N) is 2. The molecule has 0 bridgehead atoms. The van der Waals surface area contributed by atoms with Gasteiger partial charge in [0.25, 0.3) is 0 Å². The first kappa shape index (κ1) is 16.0. The molecule has 1 aliphatic rings. The van der Waals surface area contributed by atoms with E-state index < -0.39 is 10.0 Å². The van der Waals surface area contributed by atoms with Crippen LogP contribution in [0.15, 0.2) is 41.8 Å². The van der Waals surface area contributed by atoms with Crippen molar-refractivity contribution in [2.45, 2.75) is 31.1 Å². The van der Waals surface area contributed by atoms with Crippen molar-refractivity contribution < 1.29 is 13.2 Å². The molecule has 23 heavy (non-hydrogen) atoms. The lowest BCUT2D eigenvalue weighted by molar-refractivity contribution is -0.120. The van der Waals surface area contributed by atoms with Gasteiger partial charge in [-0.15, -0.1) is 11.3 Å². The number of carbonyl (C=O) groups excluding carboxylic acids is 1. The fourth-order valence-electron chi connectivity index (χ4n) is 2.16. The highest BCUT2D eigenvalue weighted by Crippen LogP contribution is 2.29. The Hall–Kier alpha value is -1.86. The van der Waals surface area contributed by atoms with E-state index in [9.17, 15) is 13.2 Å². The first-order chi connectivity index (χ1) is 11.0. The molecule has 0 saturated heterocycles. The third-order valence-electron chi connectivity index (χ3n) is 3.58. The van der Waals surface area contributed by atoms with E-state index in [2.05, 4.69) is 10.0 Å². The number of anilines is 1. The molecular formula is C16H18N2O3S2. The van der Waals surface area contributed by atoms with Crippen LogP contribution < -0.4 is 10.0 Å². The summed E-state index contributed by atoms with van der Waals surface area (Å²) in [5, 5.41) is 4.60. The molecule has 5 nitrogen and oxygen atoms in total. The van der Waals surface area contributed by atoms with Crippen LogP contribution in [0.5, 0.6) is 0 Å². The van der Waals surface area contributed by atoms with E-state index in [4.69, 9.17) is 0 Å². The van der Waals surface area contributed by atoms with Crippen molar-refractivity contribution in [3.05, 3.63) is 52.2 Å². The molecule has 0 aliphatic heterocycles. The summed E-state index contributed by atoms with van der Waals surface area (Å²) in [4.78, 5) is 13.0.